The Morgan fingerprint density at radius 3 is 2.85 bits per heavy atom. The third-order valence-electron chi connectivity index (χ3n) is 1.53. The van der Waals surface area contributed by atoms with Gasteiger partial charge in [0.1, 0.15) is 0 Å². The van der Waals surface area contributed by atoms with Gasteiger partial charge in [0.15, 0.2) is 4.80 Å². The van der Waals surface area contributed by atoms with E-state index in [0.29, 0.717) is 0 Å². The van der Waals surface area contributed by atoms with E-state index < -0.39 is 0 Å². The van der Waals surface area contributed by atoms with Crippen LogP contribution in [0.15, 0.2) is 35.6 Å². The van der Waals surface area contributed by atoms with E-state index in [-0.39, 0.29) is 0 Å². The van der Waals surface area contributed by atoms with E-state index in [9.17, 15) is 0 Å². The maximum Gasteiger partial charge on any atom is 0.189 e. The second-order valence-electron chi connectivity index (χ2n) is 2.84. The normalized spacial score (nSPS) is 12.7. The molecule has 1 aromatic heterocycles. The average molecular weight is 194 g/mol. The van der Waals surface area contributed by atoms with Gasteiger partial charge in [-0.05, 0) is 19.9 Å². The molecule has 0 N–H and O–H groups in total. The zero-order valence-electron chi connectivity index (χ0n) is 8.24. The van der Waals surface area contributed by atoms with Crippen molar-refractivity contribution in [2.45, 2.75) is 13.8 Å². The van der Waals surface area contributed by atoms with E-state index in [1.807, 2.05) is 30.7 Å². The second kappa shape index (κ2) is 4.23. The smallest absolute Gasteiger partial charge is 0.189 e. The molecule has 0 bridgehead atoms. The summed E-state index contributed by atoms with van der Waals surface area (Å²) in [6.07, 6.45) is 5.90. The van der Waals surface area contributed by atoms with E-state index in [4.69, 9.17) is 0 Å². The molecule has 0 fully saturated rings. The number of hydrogen-bond donors (Lipinski definition) is 0. The van der Waals surface area contributed by atoms with E-state index in [2.05, 4.69) is 24.7 Å². The molecular weight excluding hydrogens is 180 g/mol. The summed E-state index contributed by atoms with van der Waals surface area (Å²) in [5.74, 6) is 0. The first-order chi connectivity index (χ1) is 6.13. The van der Waals surface area contributed by atoms with Crippen LogP contribution in [-0.2, 0) is 7.05 Å². The van der Waals surface area contributed by atoms with Crippen LogP contribution >= 0.6 is 11.3 Å². The lowest BCUT2D eigenvalue weighted by Gasteiger charge is -1.89. The maximum absolute atomic E-state index is 4.37. The zero-order chi connectivity index (χ0) is 9.84. The van der Waals surface area contributed by atoms with Crippen molar-refractivity contribution in [2.24, 2.45) is 12.0 Å². The molecule has 3 heteroatoms. The van der Waals surface area contributed by atoms with Crippen LogP contribution in [0.4, 0.5) is 0 Å². The summed E-state index contributed by atoms with van der Waals surface area (Å²) in [6.45, 7) is 7.86. The fourth-order valence-corrected chi connectivity index (χ4v) is 1.88. The van der Waals surface area contributed by atoms with Crippen LogP contribution in [0.2, 0.25) is 0 Å². The molecule has 0 spiro atoms. The van der Waals surface area contributed by atoms with Gasteiger partial charge in [-0.2, -0.15) is 0 Å². The van der Waals surface area contributed by atoms with E-state index >= 15 is 0 Å². The zero-order valence-corrected chi connectivity index (χ0v) is 9.06. The minimum absolute atomic E-state index is 0.792. The van der Waals surface area contributed by atoms with E-state index in [0.717, 1.165) is 10.5 Å². The molecule has 0 aromatic carbocycles. The molecule has 2 nitrogen and oxygen atoms in total. The second-order valence-corrected chi connectivity index (χ2v) is 4.05. The first-order valence-electron chi connectivity index (χ1n) is 4.13. The fourth-order valence-electron chi connectivity index (χ4n) is 1.02. The summed E-state index contributed by atoms with van der Waals surface area (Å²) in [5.41, 5.74) is 0.792. The Morgan fingerprint density at radius 2 is 2.38 bits per heavy atom. The summed E-state index contributed by atoms with van der Waals surface area (Å²) < 4.78 is 2.01. The maximum atomic E-state index is 4.37. The van der Waals surface area contributed by atoms with E-state index in [1.165, 1.54) is 4.88 Å². The van der Waals surface area contributed by atoms with Crippen LogP contribution in [0.3, 0.4) is 0 Å². The predicted octanol–water partition coefficient (Wildman–Crippen LogP) is 2.39. The number of aromatic nitrogens is 1. The SMILES string of the molecule is C=C(/C=C/C)N=c1sc(C)cn1C. The molecule has 1 aromatic rings. The van der Waals surface area contributed by atoms with Crippen molar-refractivity contribution < 1.29 is 0 Å². The molecule has 1 heterocycles. The Balaban J connectivity index is 3.06. The lowest BCUT2D eigenvalue weighted by atomic mass is 10.4. The quantitative estimate of drug-likeness (QED) is 0.643. The van der Waals surface area contributed by atoms with Gasteiger partial charge < -0.3 is 4.57 Å². The largest absolute Gasteiger partial charge is 0.326 e. The van der Waals surface area contributed by atoms with Crippen molar-refractivity contribution in [3.8, 4) is 0 Å². The number of thiazole rings is 1. The molecular formula is C10H14N2S. The average Bonchev–Trinajstić information content (AvgIpc) is 2.30. The summed E-state index contributed by atoms with van der Waals surface area (Å²) in [4.78, 5) is 6.61. The number of nitrogens with zero attached hydrogens (tertiary/aromatic N) is 2. The molecule has 0 saturated carbocycles. The highest BCUT2D eigenvalue weighted by Crippen LogP contribution is 2.01. The number of hydrogen-bond acceptors (Lipinski definition) is 2. The highest BCUT2D eigenvalue weighted by atomic mass is 32.1. The van der Waals surface area contributed by atoms with Crippen molar-refractivity contribution in [1.29, 1.82) is 0 Å². The van der Waals surface area contributed by atoms with Crippen molar-refractivity contribution in [1.82, 2.24) is 4.57 Å². The Morgan fingerprint density at radius 1 is 1.69 bits per heavy atom. The molecule has 0 radical (unpaired) electrons. The Hall–Kier alpha value is -1.09. The van der Waals surface area contributed by atoms with Gasteiger partial charge in [-0.25, -0.2) is 4.99 Å². The number of aryl methyl sites for hydroxylation is 2. The fraction of sp³-hybridized carbons (Fsp3) is 0.300. The lowest BCUT2D eigenvalue weighted by molar-refractivity contribution is 0.866. The molecule has 0 aliphatic rings. The van der Waals surface area contributed by atoms with Crippen LogP contribution < -0.4 is 4.80 Å². The van der Waals surface area contributed by atoms with Gasteiger partial charge in [-0.1, -0.05) is 12.7 Å². The highest BCUT2D eigenvalue weighted by Gasteiger charge is 1.93. The minimum atomic E-state index is 0.792. The summed E-state index contributed by atoms with van der Waals surface area (Å²) in [6, 6.07) is 0. The number of allylic oxidation sites excluding steroid dienone is 2. The van der Waals surface area contributed by atoms with Crippen molar-refractivity contribution in [2.75, 3.05) is 0 Å². The van der Waals surface area contributed by atoms with E-state index in [1.54, 1.807) is 11.3 Å². The third-order valence-corrected chi connectivity index (χ3v) is 2.52. The van der Waals surface area contributed by atoms with Gasteiger partial charge in [0.05, 0.1) is 5.70 Å². The standard InChI is InChI=1S/C10H14N2S/c1-5-6-8(2)11-10-12(4)7-9(3)13-10/h5-7H,2H2,1,3-4H3/b6-5+,11-10?. The Kier molecular flexibility index (Phi) is 3.25. The van der Waals surface area contributed by atoms with Gasteiger partial charge in [0.25, 0.3) is 0 Å². The van der Waals surface area contributed by atoms with Crippen LogP contribution in [0.1, 0.15) is 11.8 Å². The van der Waals surface area contributed by atoms with Crippen molar-refractivity contribution in [3.63, 3.8) is 0 Å². The third kappa shape index (κ3) is 2.70. The molecule has 0 aliphatic carbocycles. The lowest BCUT2D eigenvalue weighted by Crippen LogP contribution is -2.08. The molecule has 0 saturated heterocycles. The van der Waals surface area contributed by atoms with Crippen LogP contribution in [-0.4, -0.2) is 4.57 Å². The monoisotopic (exact) mass is 194 g/mol. The Labute approximate surface area is 82.6 Å². The molecule has 0 aliphatic heterocycles. The van der Waals surface area contributed by atoms with Crippen molar-refractivity contribution in [3.05, 3.63) is 40.3 Å². The van der Waals surface area contributed by atoms with Gasteiger partial charge in [-0.15, -0.1) is 11.3 Å². The minimum Gasteiger partial charge on any atom is -0.326 e. The predicted molar refractivity (Wildman–Crippen MR) is 57.5 cm³/mol. The van der Waals surface area contributed by atoms with Crippen molar-refractivity contribution >= 4 is 11.3 Å². The van der Waals surface area contributed by atoms with Crippen LogP contribution in [0.25, 0.3) is 0 Å². The van der Waals surface area contributed by atoms with Gasteiger partial charge >= 0.3 is 0 Å². The molecule has 0 amide bonds. The molecule has 70 valence electrons. The molecule has 0 atom stereocenters. The first kappa shape index (κ1) is 9.99. The summed E-state index contributed by atoms with van der Waals surface area (Å²) in [5, 5.41) is 0. The molecule has 1 rings (SSSR count). The van der Waals surface area contributed by atoms with Crippen LogP contribution in [0.5, 0.6) is 0 Å². The van der Waals surface area contributed by atoms with Gasteiger partial charge in [-0.3, -0.25) is 0 Å². The molecule has 13 heavy (non-hydrogen) atoms. The topological polar surface area (TPSA) is 17.3 Å². The van der Waals surface area contributed by atoms with Gasteiger partial charge in [0.2, 0.25) is 0 Å². The summed E-state index contributed by atoms with van der Waals surface area (Å²) in [7, 11) is 1.99. The number of rotatable bonds is 2. The summed E-state index contributed by atoms with van der Waals surface area (Å²) >= 11 is 1.67. The highest BCUT2D eigenvalue weighted by molar-refractivity contribution is 7.09. The van der Waals surface area contributed by atoms with Crippen LogP contribution in [0, 0.1) is 6.92 Å². The Bertz CT molecular complexity index is 393. The van der Waals surface area contributed by atoms with Gasteiger partial charge in [0, 0.05) is 18.1 Å². The molecule has 0 unspecified atom stereocenters. The first-order valence-corrected chi connectivity index (χ1v) is 4.94.